The number of aryl methyl sites for hydroxylation is 1. The van der Waals surface area contributed by atoms with Gasteiger partial charge in [0, 0.05) is 49.8 Å². The van der Waals surface area contributed by atoms with Crippen LogP contribution in [-0.2, 0) is 11.2 Å². The first-order valence-corrected chi connectivity index (χ1v) is 7.79. The summed E-state index contributed by atoms with van der Waals surface area (Å²) in [5.41, 5.74) is 1.01. The van der Waals surface area contributed by atoms with Gasteiger partial charge in [0.05, 0.1) is 7.11 Å². The van der Waals surface area contributed by atoms with Crippen LogP contribution in [0, 0.1) is 0 Å². The van der Waals surface area contributed by atoms with E-state index in [2.05, 4.69) is 15.1 Å². The Hall–Kier alpha value is -2.44. The van der Waals surface area contributed by atoms with Crippen molar-refractivity contribution in [1.82, 2.24) is 20.0 Å². The molecule has 0 spiro atoms. The van der Waals surface area contributed by atoms with E-state index in [0.717, 1.165) is 31.6 Å². The lowest BCUT2D eigenvalue weighted by Crippen LogP contribution is -2.39. The van der Waals surface area contributed by atoms with Gasteiger partial charge < -0.3 is 14.2 Å². The van der Waals surface area contributed by atoms with Crippen LogP contribution < -0.4 is 4.74 Å². The predicted octanol–water partition coefficient (Wildman–Crippen LogP) is 1.81. The molecule has 1 fully saturated rings. The lowest BCUT2D eigenvalue weighted by atomic mass is 9.94. The molecular formula is C16H20N4O3. The number of hydrogen-bond acceptors (Lipinski definition) is 6. The number of amides is 1. The van der Waals surface area contributed by atoms with Crippen molar-refractivity contribution in [3.63, 3.8) is 0 Å². The number of rotatable bonds is 5. The van der Waals surface area contributed by atoms with Gasteiger partial charge in [-0.3, -0.25) is 4.79 Å². The molecule has 2 aromatic rings. The summed E-state index contributed by atoms with van der Waals surface area (Å²) in [4.78, 5) is 22.6. The molecule has 1 aliphatic rings. The fourth-order valence-corrected chi connectivity index (χ4v) is 2.88. The van der Waals surface area contributed by atoms with Gasteiger partial charge in [-0.2, -0.15) is 0 Å². The fourth-order valence-electron chi connectivity index (χ4n) is 2.88. The molecule has 1 aliphatic heterocycles. The van der Waals surface area contributed by atoms with Crippen molar-refractivity contribution in [2.45, 2.75) is 31.6 Å². The first kappa shape index (κ1) is 15.5. The number of hydrogen-bond donors (Lipinski definition) is 0. The number of nitrogens with zero attached hydrogens (tertiary/aromatic N) is 4. The van der Waals surface area contributed by atoms with Crippen LogP contribution in [0.2, 0.25) is 0 Å². The highest BCUT2D eigenvalue weighted by Gasteiger charge is 2.25. The summed E-state index contributed by atoms with van der Waals surface area (Å²) >= 11 is 0. The molecule has 122 valence electrons. The van der Waals surface area contributed by atoms with Crippen LogP contribution in [0.5, 0.6) is 5.88 Å². The second-order valence-corrected chi connectivity index (χ2v) is 5.65. The Morgan fingerprint density at radius 2 is 2.43 bits per heavy atom. The molecule has 0 N–H and O–H groups in total. The Morgan fingerprint density at radius 1 is 1.52 bits per heavy atom. The average molecular weight is 316 g/mol. The number of aromatic nitrogens is 3. The first-order chi connectivity index (χ1) is 11.3. The van der Waals surface area contributed by atoms with Crippen LogP contribution in [0.1, 0.15) is 36.6 Å². The summed E-state index contributed by atoms with van der Waals surface area (Å²) < 4.78 is 10.1. The number of carbonyl (C=O) groups is 1. The Kier molecular flexibility index (Phi) is 4.85. The molecule has 7 heteroatoms. The van der Waals surface area contributed by atoms with Gasteiger partial charge in [0.1, 0.15) is 12.1 Å². The van der Waals surface area contributed by atoms with Crippen LogP contribution in [-0.4, -0.2) is 46.1 Å². The number of ether oxygens (including phenoxy) is 1. The SMILES string of the molecule is COc1cc(CCC(=O)N2CCC[C@@H](c3ccncn3)C2)on1. The molecule has 3 rings (SSSR count). The van der Waals surface area contributed by atoms with E-state index >= 15 is 0 Å². The zero-order valence-corrected chi connectivity index (χ0v) is 13.1. The van der Waals surface area contributed by atoms with Crippen LogP contribution in [0.3, 0.4) is 0 Å². The Labute approximate surface area is 134 Å². The average Bonchev–Trinajstić information content (AvgIpc) is 3.09. The van der Waals surface area contributed by atoms with Crippen molar-refractivity contribution in [3.05, 3.63) is 36.1 Å². The monoisotopic (exact) mass is 316 g/mol. The molecule has 1 saturated heterocycles. The Bertz CT molecular complexity index is 644. The van der Waals surface area contributed by atoms with E-state index < -0.39 is 0 Å². The van der Waals surface area contributed by atoms with E-state index in [0.29, 0.717) is 30.4 Å². The molecule has 0 radical (unpaired) electrons. The molecule has 23 heavy (non-hydrogen) atoms. The molecule has 1 atom stereocenters. The summed E-state index contributed by atoms with van der Waals surface area (Å²) in [7, 11) is 1.54. The van der Waals surface area contributed by atoms with Crippen molar-refractivity contribution < 1.29 is 14.1 Å². The van der Waals surface area contributed by atoms with Crippen molar-refractivity contribution in [2.75, 3.05) is 20.2 Å². The van der Waals surface area contributed by atoms with E-state index in [1.807, 2.05) is 11.0 Å². The van der Waals surface area contributed by atoms with E-state index in [-0.39, 0.29) is 5.91 Å². The molecular weight excluding hydrogens is 296 g/mol. The lowest BCUT2D eigenvalue weighted by molar-refractivity contribution is -0.132. The second-order valence-electron chi connectivity index (χ2n) is 5.65. The maximum Gasteiger partial charge on any atom is 0.254 e. The van der Waals surface area contributed by atoms with E-state index in [4.69, 9.17) is 9.26 Å². The van der Waals surface area contributed by atoms with E-state index in [9.17, 15) is 4.79 Å². The molecule has 3 heterocycles. The summed E-state index contributed by atoms with van der Waals surface area (Å²) in [6.07, 6.45) is 6.31. The molecule has 0 aliphatic carbocycles. The summed E-state index contributed by atoms with van der Waals surface area (Å²) in [5.74, 6) is 1.54. The van der Waals surface area contributed by atoms with Gasteiger partial charge in [-0.25, -0.2) is 9.97 Å². The van der Waals surface area contributed by atoms with E-state index in [1.165, 1.54) is 7.11 Å². The summed E-state index contributed by atoms with van der Waals surface area (Å²) in [6.45, 7) is 1.52. The van der Waals surface area contributed by atoms with Gasteiger partial charge in [0.15, 0.2) is 0 Å². The minimum absolute atomic E-state index is 0.138. The van der Waals surface area contributed by atoms with Gasteiger partial charge in [0.25, 0.3) is 5.88 Å². The quantitative estimate of drug-likeness (QED) is 0.837. The van der Waals surface area contributed by atoms with Crippen molar-refractivity contribution in [2.24, 2.45) is 0 Å². The van der Waals surface area contributed by atoms with Gasteiger partial charge in [0.2, 0.25) is 5.91 Å². The largest absolute Gasteiger partial charge is 0.479 e. The van der Waals surface area contributed by atoms with Crippen molar-refractivity contribution >= 4 is 5.91 Å². The predicted molar refractivity (Wildman–Crippen MR) is 82.0 cm³/mol. The number of methoxy groups -OCH3 is 1. The third-order valence-electron chi connectivity index (χ3n) is 4.13. The van der Waals surface area contributed by atoms with Gasteiger partial charge in [-0.05, 0) is 24.1 Å². The van der Waals surface area contributed by atoms with Crippen LogP contribution >= 0.6 is 0 Å². The normalized spacial score (nSPS) is 18.0. The standard InChI is InChI=1S/C16H20N4O3/c1-22-15-9-13(23-19-15)4-5-16(21)20-8-2-3-12(10-20)14-6-7-17-11-18-14/h6-7,9,11-12H,2-5,8,10H2,1H3/t12-/m1/s1. The third-order valence-corrected chi connectivity index (χ3v) is 4.13. The smallest absolute Gasteiger partial charge is 0.254 e. The third kappa shape index (κ3) is 3.85. The Morgan fingerprint density at radius 3 is 3.17 bits per heavy atom. The topological polar surface area (TPSA) is 81.4 Å². The van der Waals surface area contributed by atoms with Crippen LogP contribution in [0.25, 0.3) is 0 Å². The highest BCUT2D eigenvalue weighted by atomic mass is 16.5. The minimum Gasteiger partial charge on any atom is -0.479 e. The maximum absolute atomic E-state index is 12.4. The Balaban J connectivity index is 1.54. The molecule has 0 bridgehead atoms. The molecule has 7 nitrogen and oxygen atoms in total. The minimum atomic E-state index is 0.138. The summed E-state index contributed by atoms with van der Waals surface area (Å²) in [5, 5.41) is 3.74. The molecule has 1 amide bonds. The molecule has 2 aromatic heterocycles. The van der Waals surface area contributed by atoms with Crippen LogP contribution in [0.4, 0.5) is 0 Å². The molecule has 0 unspecified atom stereocenters. The number of piperidine rings is 1. The van der Waals surface area contributed by atoms with Gasteiger partial charge in [-0.15, -0.1) is 0 Å². The van der Waals surface area contributed by atoms with Crippen LogP contribution in [0.15, 0.2) is 29.2 Å². The summed E-state index contributed by atoms with van der Waals surface area (Å²) in [6, 6.07) is 3.65. The lowest BCUT2D eigenvalue weighted by Gasteiger charge is -2.32. The van der Waals surface area contributed by atoms with Crippen molar-refractivity contribution in [1.29, 1.82) is 0 Å². The highest BCUT2D eigenvalue weighted by molar-refractivity contribution is 5.76. The molecule has 0 aromatic carbocycles. The van der Waals surface area contributed by atoms with E-state index in [1.54, 1.807) is 18.6 Å². The zero-order chi connectivity index (χ0) is 16.1. The molecule has 0 saturated carbocycles. The number of carbonyl (C=O) groups excluding carboxylic acids is 1. The second kappa shape index (κ2) is 7.21. The maximum atomic E-state index is 12.4. The highest BCUT2D eigenvalue weighted by Crippen LogP contribution is 2.25. The van der Waals surface area contributed by atoms with Crippen molar-refractivity contribution in [3.8, 4) is 5.88 Å². The first-order valence-electron chi connectivity index (χ1n) is 7.79. The zero-order valence-electron chi connectivity index (χ0n) is 13.1. The van der Waals surface area contributed by atoms with Gasteiger partial charge >= 0.3 is 0 Å². The number of likely N-dealkylation sites (tertiary alicyclic amines) is 1. The van der Waals surface area contributed by atoms with Gasteiger partial charge in [-0.1, -0.05) is 0 Å². The fraction of sp³-hybridized carbons (Fsp3) is 0.500.